The highest BCUT2D eigenvalue weighted by Crippen LogP contribution is 2.18. The molecule has 0 bridgehead atoms. The molecule has 0 spiro atoms. The van der Waals surface area contributed by atoms with E-state index in [2.05, 4.69) is 4.98 Å². The second kappa shape index (κ2) is 4.16. The first-order valence-electron chi connectivity index (χ1n) is 4.75. The monoisotopic (exact) mass is 226 g/mol. The number of β-amino-alcohol motifs (C(OH)–C–C–N with tert-alkyl or cyclic N) is 1. The van der Waals surface area contributed by atoms with E-state index in [1.807, 2.05) is 0 Å². The van der Waals surface area contributed by atoms with E-state index in [4.69, 9.17) is 11.6 Å². The van der Waals surface area contributed by atoms with Crippen LogP contribution in [-0.2, 0) is 0 Å². The van der Waals surface area contributed by atoms with Gasteiger partial charge in [0.25, 0.3) is 5.91 Å². The predicted octanol–water partition coefficient (Wildman–Crippen LogP) is 0.942. The summed E-state index contributed by atoms with van der Waals surface area (Å²) in [4.78, 5) is 17.4. The van der Waals surface area contributed by atoms with Gasteiger partial charge in [0.15, 0.2) is 0 Å². The van der Waals surface area contributed by atoms with Crippen LogP contribution in [0.15, 0.2) is 18.5 Å². The molecule has 0 saturated carbocycles. The van der Waals surface area contributed by atoms with Crippen molar-refractivity contribution >= 4 is 17.5 Å². The van der Waals surface area contributed by atoms with Crippen molar-refractivity contribution in [2.24, 2.45) is 0 Å². The van der Waals surface area contributed by atoms with Gasteiger partial charge in [-0.05, 0) is 12.5 Å². The molecule has 2 heterocycles. The Morgan fingerprint density at radius 1 is 1.67 bits per heavy atom. The Hall–Kier alpha value is -1.13. The highest BCUT2D eigenvalue weighted by atomic mass is 35.5. The third-order valence-corrected chi connectivity index (χ3v) is 2.78. The van der Waals surface area contributed by atoms with Crippen LogP contribution in [0.1, 0.15) is 16.8 Å². The maximum atomic E-state index is 11.9. The zero-order valence-corrected chi connectivity index (χ0v) is 8.81. The number of aromatic nitrogens is 1. The topological polar surface area (TPSA) is 53.4 Å². The fourth-order valence-electron chi connectivity index (χ4n) is 1.63. The Morgan fingerprint density at radius 3 is 3.07 bits per heavy atom. The van der Waals surface area contributed by atoms with Gasteiger partial charge in [0.05, 0.1) is 16.7 Å². The third-order valence-electron chi connectivity index (χ3n) is 2.45. The first-order valence-corrected chi connectivity index (χ1v) is 5.13. The molecule has 1 saturated heterocycles. The first kappa shape index (κ1) is 10.4. The van der Waals surface area contributed by atoms with Gasteiger partial charge in [-0.15, -0.1) is 0 Å². The molecule has 1 aromatic heterocycles. The fraction of sp³-hybridized carbons (Fsp3) is 0.400. The lowest BCUT2D eigenvalue weighted by molar-refractivity contribution is 0.0764. The van der Waals surface area contributed by atoms with E-state index >= 15 is 0 Å². The van der Waals surface area contributed by atoms with Gasteiger partial charge in [0.2, 0.25) is 0 Å². The molecule has 80 valence electrons. The van der Waals surface area contributed by atoms with Crippen molar-refractivity contribution in [1.29, 1.82) is 0 Å². The number of aliphatic hydroxyl groups excluding tert-OH is 1. The summed E-state index contributed by atoms with van der Waals surface area (Å²) in [6.45, 7) is 0.954. The second-order valence-electron chi connectivity index (χ2n) is 3.55. The number of halogens is 1. The molecule has 0 aromatic carbocycles. The largest absolute Gasteiger partial charge is 0.391 e. The van der Waals surface area contributed by atoms with Crippen LogP contribution in [0.5, 0.6) is 0 Å². The maximum absolute atomic E-state index is 11.9. The molecule has 1 aliphatic heterocycles. The zero-order valence-electron chi connectivity index (χ0n) is 8.06. The van der Waals surface area contributed by atoms with E-state index in [1.54, 1.807) is 11.0 Å². The van der Waals surface area contributed by atoms with Crippen molar-refractivity contribution in [2.45, 2.75) is 12.5 Å². The minimum atomic E-state index is -0.413. The summed E-state index contributed by atoms with van der Waals surface area (Å²) in [7, 11) is 0. The minimum Gasteiger partial charge on any atom is -0.391 e. The van der Waals surface area contributed by atoms with Crippen LogP contribution >= 0.6 is 11.6 Å². The average molecular weight is 227 g/mol. The van der Waals surface area contributed by atoms with Gasteiger partial charge in [0.1, 0.15) is 0 Å². The molecular formula is C10H11ClN2O2. The lowest BCUT2D eigenvalue weighted by Crippen LogP contribution is -2.29. The van der Waals surface area contributed by atoms with Crippen molar-refractivity contribution in [2.75, 3.05) is 13.1 Å². The highest BCUT2D eigenvalue weighted by molar-refractivity contribution is 6.33. The van der Waals surface area contributed by atoms with Crippen molar-refractivity contribution in [3.8, 4) is 0 Å². The smallest absolute Gasteiger partial charge is 0.257 e. The first-order chi connectivity index (χ1) is 7.18. The number of hydrogen-bond donors (Lipinski definition) is 1. The van der Waals surface area contributed by atoms with E-state index in [0.29, 0.717) is 30.1 Å². The van der Waals surface area contributed by atoms with Crippen LogP contribution < -0.4 is 0 Å². The summed E-state index contributed by atoms with van der Waals surface area (Å²) in [5, 5.41) is 9.72. The summed E-state index contributed by atoms with van der Waals surface area (Å²) in [5.74, 6) is -0.162. The number of pyridine rings is 1. The predicted molar refractivity (Wildman–Crippen MR) is 55.8 cm³/mol. The SMILES string of the molecule is O=C(c1cnccc1Cl)N1CC[C@@H](O)C1. The summed E-state index contributed by atoms with van der Waals surface area (Å²) >= 11 is 5.88. The molecule has 0 aliphatic carbocycles. The van der Waals surface area contributed by atoms with Crippen LogP contribution in [0.2, 0.25) is 5.02 Å². The maximum Gasteiger partial charge on any atom is 0.257 e. The Kier molecular flexibility index (Phi) is 2.88. The van der Waals surface area contributed by atoms with Crippen molar-refractivity contribution in [1.82, 2.24) is 9.88 Å². The van der Waals surface area contributed by atoms with Crippen molar-refractivity contribution < 1.29 is 9.90 Å². The normalized spacial score (nSPS) is 20.7. The molecule has 1 aromatic rings. The van der Waals surface area contributed by atoms with E-state index in [9.17, 15) is 9.90 Å². The molecule has 1 aliphatic rings. The van der Waals surface area contributed by atoms with Gasteiger partial charge in [-0.2, -0.15) is 0 Å². The minimum absolute atomic E-state index is 0.162. The second-order valence-corrected chi connectivity index (χ2v) is 3.96. The van der Waals surface area contributed by atoms with E-state index in [1.165, 1.54) is 12.4 Å². The molecule has 0 radical (unpaired) electrons. The quantitative estimate of drug-likeness (QED) is 0.776. The van der Waals surface area contributed by atoms with Crippen molar-refractivity contribution in [3.05, 3.63) is 29.0 Å². The van der Waals surface area contributed by atoms with Crippen molar-refractivity contribution in [3.63, 3.8) is 0 Å². The number of hydrogen-bond acceptors (Lipinski definition) is 3. The molecule has 1 N–H and O–H groups in total. The van der Waals surface area contributed by atoms with Crippen LogP contribution in [0.4, 0.5) is 0 Å². The Bertz CT molecular complexity index is 383. The number of amides is 1. The number of carbonyl (C=O) groups is 1. The molecule has 15 heavy (non-hydrogen) atoms. The standard InChI is InChI=1S/C10H11ClN2O2/c11-9-1-3-12-5-8(9)10(15)13-4-2-7(14)6-13/h1,3,5,7,14H,2,4,6H2/t7-/m1/s1. The third kappa shape index (κ3) is 2.11. The highest BCUT2D eigenvalue weighted by Gasteiger charge is 2.26. The van der Waals surface area contributed by atoms with E-state index in [-0.39, 0.29) is 5.91 Å². The summed E-state index contributed by atoms with van der Waals surface area (Å²) < 4.78 is 0. The summed E-state index contributed by atoms with van der Waals surface area (Å²) in [6, 6.07) is 1.58. The molecule has 1 fully saturated rings. The summed E-state index contributed by atoms with van der Waals surface area (Å²) in [6.07, 6.45) is 3.21. The molecule has 2 rings (SSSR count). The van der Waals surface area contributed by atoms with Crippen LogP contribution in [-0.4, -0.2) is 40.1 Å². The molecular weight excluding hydrogens is 216 g/mol. The Balaban J connectivity index is 2.18. The average Bonchev–Trinajstić information content (AvgIpc) is 2.65. The van der Waals surface area contributed by atoms with Gasteiger partial charge < -0.3 is 10.0 Å². The van der Waals surface area contributed by atoms with E-state index < -0.39 is 6.10 Å². The van der Waals surface area contributed by atoms with Gasteiger partial charge in [-0.1, -0.05) is 11.6 Å². The van der Waals surface area contributed by atoms with Crippen LogP contribution in [0.25, 0.3) is 0 Å². The number of likely N-dealkylation sites (tertiary alicyclic amines) is 1. The Morgan fingerprint density at radius 2 is 2.47 bits per heavy atom. The number of rotatable bonds is 1. The fourth-order valence-corrected chi connectivity index (χ4v) is 1.82. The van der Waals surface area contributed by atoms with Crippen LogP contribution in [0, 0.1) is 0 Å². The zero-order chi connectivity index (χ0) is 10.8. The van der Waals surface area contributed by atoms with Gasteiger partial charge >= 0.3 is 0 Å². The lowest BCUT2D eigenvalue weighted by Gasteiger charge is -2.15. The summed E-state index contributed by atoms with van der Waals surface area (Å²) in [5.41, 5.74) is 0.397. The molecule has 4 nitrogen and oxygen atoms in total. The van der Waals surface area contributed by atoms with Gasteiger partial charge in [0, 0.05) is 25.5 Å². The molecule has 1 atom stereocenters. The number of carbonyl (C=O) groups excluding carboxylic acids is 1. The number of aliphatic hydroxyl groups is 1. The van der Waals surface area contributed by atoms with E-state index in [0.717, 1.165) is 0 Å². The lowest BCUT2D eigenvalue weighted by atomic mass is 10.2. The number of nitrogens with zero attached hydrogens (tertiary/aromatic N) is 2. The molecule has 5 heteroatoms. The van der Waals surface area contributed by atoms with Gasteiger partial charge in [-0.25, -0.2) is 0 Å². The molecule has 1 amide bonds. The Labute approximate surface area is 92.5 Å². The molecule has 0 unspecified atom stereocenters. The van der Waals surface area contributed by atoms with Gasteiger partial charge in [-0.3, -0.25) is 9.78 Å². The van der Waals surface area contributed by atoms with Crippen LogP contribution in [0.3, 0.4) is 0 Å².